The van der Waals surface area contributed by atoms with Crippen molar-refractivity contribution < 1.29 is 19.1 Å². The second kappa shape index (κ2) is 8.88. The molecule has 3 atom stereocenters. The fourth-order valence-corrected chi connectivity index (χ4v) is 2.78. The maximum absolute atomic E-state index is 12.3. The fraction of sp³-hybridized carbons (Fsp3) is 0.600. The van der Waals surface area contributed by atoms with Gasteiger partial charge in [-0.1, -0.05) is 44.2 Å². The lowest BCUT2D eigenvalue weighted by Gasteiger charge is -2.29. The molecule has 1 N–H and O–H groups in total. The van der Waals surface area contributed by atoms with Crippen molar-refractivity contribution in [2.45, 2.75) is 72.1 Å². The maximum atomic E-state index is 12.3. The Hall–Kier alpha value is -2.04. The Morgan fingerprint density at radius 1 is 1.00 bits per heavy atom. The highest BCUT2D eigenvalue weighted by Crippen LogP contribution is 2.29. The molecule has 0 aliphatic carbocycles. The first-order valence-corrected chi connectivity index (χ1v) is 8.76. The van der Waals surface area contributed by atoms with Gasteiger partial charge in [0.2, 0.25) is 0 Å². The van der Waals surface area contributed by atoms with E-state index in [4.69, 9.17) is 9.47 Å². The number of esters is 1. The molecule has 1 aromatic carbocycles. The molecular weight excluding hydrogens is 318 g/mol. The Bertz CT molecular complexity index is 563. The number of nitrogens with one attached hydrogen (secondary N) is 1. The number of carbonyl (C=O) groups excluding carboxylic acids is 2. The molecule has 0 fully saturated rings. The number of amides is 1. The van der Waals surface area contributed by atoms with Crippen LogP contribution in [0, 0.1) is 5.92 Å². The van der Waals surface area contributed by atoms with E-state index >= 15 is 0 Å². The lowest BCUT2D eigenvalue weighted by Crippen LogP contribution is -2.43. The SMILES string of the molecule is CC(C)[C@H](c1ccccc1)[C@H](C)OC(=O)[C@H](C)NC(=O)OC(C)(C)C. The van der Waals surface area contributed by atoms with Gasteiger partial charge in [0.05, 0.1) is 0 Å². The van der Waals surface area contributed by atoms with Crippen molar-refractivity contribution in [2.75, 3.05) is 0 Å². The topological polar surface area (TPSA) is 64.6 Å². The smallest absolute Gasteiger partial charge is 0.408 e. The van der Waals surface area contributed by atoms with Gasteiger partial charge in [-0.3, -0.25) is 0 Å². The maximum Gasteiger partial charge on any atom is 0.408 e. The molecule has 25 heavy (non-hydrogen) atoms. The van der Waals surface area contributed by atoms with Crippen LogP contribution in [0.4, 0.5) is 4.79 Å². The summed E-state index contributed by atoms with van der Waals surface area (Å²) in [5.74, 6) is -0.0851. The van der Waals surface area contributed by atoms with Gasteiger partial charge < -0.3 is 14.8 Å². The summed E-state index contributed by atoms with van der Waals surface area (Å²) in [6.45, 7) is 13.0. The van der Waals surface area contributed by atoms with Crippen LogP contribution in [0.5, 0.6) is 0 Å². The standard InChI is InChI=1S/C20H31NO4/c1-13(2)17(16-11-9-8-10-12-16)15(4)24-18(22)14(3)21-19(23)25-20(5,6)7/h8-15,17H,1-7H3,(H,21,23)/t14-,15-,17-/m0/s1. The van der Waals surface area contributed by atoms with E-state index in [2.05, 4.69) is 19.2 Å². The number of benzene rings is 1. The van der Waals surface area contributed by atoms with E-state index in [0.717, 1.165) is 5.56 Å². The van der Waals surface area contributed by atoms with Gasteiger partial charge in [-0.05, 0) is 46.1 Å². The number of carbonyl (C=O) groups is 2. The molecule has 0 aromatic heterocycles. The molecule has 1 aromatic rings. The summed E-state index contributed by atoms with van der Waals surface area (Å²) in [4.78, 5) is 24.1. The Morgan fingerprint density at radius 2 is 1.56 bits per heavy atom. The summed E-state index contributed by atoms with van der Waals surface area (Å²) in [6.07, 6.45) is -0.939. The Kier molecular flexibility index (Phi) is 7.46. The van der Waals surface area contributed by atoms with E-state index in [-0.39, 0.29) is 12.0 Å². The van der Waals surface area contributed by atoms with Gasteiger partial charge in [0.15, 0.2) is 0 Å². The first-order valence-electron chi connectivity index (χ1n) is 8.76. The summed E-state index contributed by atoms with van der Waals surface area (Å²) in [6, 6.07) is 9.22. The summed E-state index contributed by atoms with van der Waals surface area (Å²) in [7, 11) is 0. The molecule has 140 valence electrons. The van der Waals surface area contributed by atoms with Crippen molar-refractivity contribution in [2.24, 2.45) is 5.92 Å². The Balaban J connectivity index is 2.69. The Labute approximate surface area is 151 Å². The van der Waals surface area contributed by atoms with Gasteiger partial charge >= 0.3 is 12.1 Å². The monoisotopic (exact) mass is 349 g/mol. The zero-order chi connectivity index (χ0) is 19.2. The molecule has 0 bridgehead atoms. The van der Waals surface area contributed by atoms with Crippen LogP contribution in [-0.2, 0) is 14.3 Å². The lowest BCUT2D eigenvalue weighted by atomic mass is 9.84. The molecular formula is C20H31NO4. The normalized spacial score (nSPS) is 15.2. The van der Waals surface area contributed by atoms with Gasteiger partial charge in [0, 0.05) is 5.92 Å². The summed E-state index contributed by atoms with van der Waals surface area (Å²) in [5, 5.41) is 2.51. The first kappa shape index (κ1) is 21.0. The largest absolute Gasteiger partial charge is 0.460 e. The first-order chi connectivity index (χ1) is 11.5. The van der Waals surface area contributed by atoms with Gasteiger partial charge in [0.25, 0.3) is 0 Å². The molecule has 0 heterocycles. The third-order valence-electron chi connectivity index (χ3n) is 3.80. The summed E-state index contributed by atoms with van der Waals surface area (Å²) in [5.41, 5.74) is 0.516. The third-order valence-corrected chi connectivity index (χ3v) is 3.80. The van der Waals surface area contributed by atoms with Crippen LogP contribution in [0.25, 0.3) is 0 Å². The number of hydrogen-bond donors (Lipinski definition) is 1. The number of rotatable bonds is 6. The van der Waals surface area contributed by atoms with Crippen molar-refractivity contribution in [3.05, 3.63) is 35.9 Å². The second-order valence-corrected chi connectivity index (χ2v) is 7.69. The molecule has 1 amide bonds. The van der Waals surface area contributed by atoms with Crippen LogP contribution in [0.1, 0.15) is 59.9 Å². The minimum atomic E-state index is -0.777. The quantitative estimate of drug-likeness (QED) is 0.779. The van der Waals surface area contributed by atoms with Crippen molar-refractivity contribution in [1.82, 2.24) is 5.32 Å². The zero-order valence-corrected chi connectivity index (χ0v) is 16.3. The van der Waals surface area contributed by atoms with Crippen LogP contribution >= 0.6 is 0 Å². The van der Waals surface area contributed by atoms with E-state index in [1.165, 1.54) is 0 Å². The third kappa shape index (κ3) is 7.16. The van der Waals surface area contributed by atoms with Gasteiger partial charge in [0.1, 0.15) is 17.7 Å². The van der Waals surface area contributed by atoms with E-state index in [1.54, 1.807) is 27.7 Å². The van der Waals surface area contributed by atoms with Crippen LogP contribution in [0.15, 0.2) is 30.3 Å². The number of hydrogen-bond acceptors (Lipinski definition) is 4. The lowest BCUT2D eigenvalue weighted by molar-refractivity contribution is -0.152. The van der Waals surface area contributed by atoms with Crippen LogP contribution in [-0.4, -0.2) is 29.8 Å². The number of ether oxygens (including phenoxy) is 2. The Morgan fingerprint density at radius 3 is 2.04 bits per heavy atom. The van der Waals surface area contributed by atoms with Crippen molar-refractivity contribution in [3.63, 3.8) is 0 Å². The summed E-state index contributed by atoms with van der Waals surface area (Å²) < 4.78 is 10.8. The van der Waals surface area contributed by atoms with Crippen LogP contribution < -0.4 is 5.32 Å². The average Bonchev–Trinajstić information content (AvgIpc) is 2.45. The molecule has 0 spiro atoms. The zero-order valence-electron chi connectivity index (χ0n) is 16.3. The van der Waals surface area contributed by atoms with Crippen molar-refractivity contribution >= 4 is 12.1 Å². The minimum Gasteiger partial charge on any atom is -0.460 e. The second-order valence-electron chi connectivity index (χ2n) is 7.69. The van der Waals surface area contributed by atoms with Crippen molar-refractivity contribution in [3.8, 4) is 0 Å². The molecule has 5 heteroatoms. The molecule has 0 aliphatic rings. The van der Waals surface area contributed by atoms with E-state index in [1.807, 2.05) is 37.3 Å². The average molecular weight is 349 g/mol. The van der Waals surface area contributed by atoms with Crippen molar-refractivity contribution in [1.29, 1.82) is 0 Å². The van der Waals surface area contributed by atoms with Gasteiger partial charge in [-0.25, -0.2) is 9.59 Å². The molecule has 1 rings (SSSR count). The summed E-state index contributed by atoms with van der Waals surface area (Å²) >= 11 is 0. The highest BCUT2D eigenvalue weighted by atomic mass is 16.6. The molecule has 0 radical (unpaired) electrons. The number of alkyl carbamates (subject to hydrolysis) is 1. The van der Waals surface area contributed by atoms with Crippen LogP contribution in [0.3, 0.4) is 0 Å². The molecule has 0 unspecified atom stereocenters. The molecule has 0 saturated heterocycles. The highest BCUT2D eigenvalue weighted by Gasteiger charge is 2.28. The molecule has 0 aliphatic heterocycles. The fourth-order valence-electron chi connectivity index (χ4n) is 2.78. The van der Waals surface area contributed by atoms with E-state index in [9.17, 15) is 9.59 Å². The predicted molar refractivity (Wildman–Crippen MR) is 98.4 cm³/mol. The van der Waals surface area contributed by atoms with Gasteiger partial charge in [-0.2, -0.15) is 0 Å². The van der Waals surface area contributed by atoms with E-state index in [0.29, 0.717) is 5.92 Å². The predicted octanol–water partition coefficient (Wildman–Crippen LogP) is 4.27. The van der Waals surface area contributed by atoms with E-state index < -0.39 is 23.7 Å². The van der Waals surface area contributed by atoms with Gasteiger partial charge in [-0.15, -0.1) is 0 Å². The van der Waals surface area contributed by atoms with Crippen LogP contribution in [0.2, 0.25) is 0 Å². The highest BCUT2D eigenvalue weighted by molar-refractivity contribution is 5.81. The minimum absolute atomic E-state index is 0.0823. The molecule has 0 saturated carbocycles. The molecule has 5 nitrogen and oxygen atoms in total.